The zero-order chi connectivity index (χ0) is 20.4. The van der Waals surface area contributed by atoms with Crippen LogP contribution in [-0.2, 0) is 14.3 Å². The van der Waals surface area contributed by atoms with Crippen LogP contribution in [0.4, 0.5) is 11.4 Å². The number of nitrogens with zero attached hydrogens (tertiary/aromatic N) is 1. The average Bonchev–Trinajstić information content (AvgIpc) is 2.69. The third-order valence-corrected chi connectivity index (χ3v) is 3.85. The maximum absolute atomic E-state index is 11.7. The number of carbonyl (C=O) groups excluding carboxylic acids is 2. The first kappa shape index (κ1) is 20.9. The minimum Gasteiger partial charge on any atom is -0.452 e. The Kier molecular flexibility index (Phi) is 7.98. The lowest BCUT2D eigenvalue weighted by Crippen LogP contribution is -2.32. The first-order valence-electron chi connectivity index (χ1n) is 8.30. The highest BCUT2D eigenvalue weighted by Gasteiger charge is 2.06. The van der Waals surface area contributed by atoms with Crippen molar-refractivity contribution in [3.63, 3.8) is 0 Å². The Morgan fingerprint density at radius 3 is 2.50 bits per heavy atom. The lowest BCUT2D eigenvalue weighted by molar-refractivity contribution is -0.384. The van der Waals surface area contributed by atoms with Crippen molar-refractivity contribution in [2.24, 2.45) is 0 Å². The number of rotatable bonds is 9. The molecule has 0 unspecified atom stereocenters. The summed E-state index contributed by atoms with van der Waals surface area (Å²) in [5.74, 6) is -1.09. The fourth-order valence-corrected chi connectivity index (χ4v) is 2.31. The molecular formula is C19H18ClN3O5. The smallest absolute Gasteiger partial charge is 0.331 e. The molecule has 0 aliphatic rings. The summed E-state index contributed by atoms with van der Waals surface area (Å²) >= 11 is 5.97. The van der Waals surface area contributed by atoms with Crippen LogP contribution in [-0.4, -0.2) is 36.5 Å². The number of hydrogen-bond acceptors (Lipinski definition) is 6. The number of ether oxygens (including phenoxy) is 1. The number of nitro benzene ring substituents is 1. The number of amides is 1. The fraction of sp³-hybridized carbons (Fsp3) is 0.158. The van der Waals surface area contributed by atoms with Crippen LogP contribution in [0.3, 0.4) is 0 Å². The number of carbonyl (C=O) groups is 2. The van der Waals surface area contributed by atoms with Gasteiger partial charge < -0.3 is 15.4 Å². The van der Waals surface area contributed by atoms with E-state index in [2.05, 4.69) is 10.6 Å². The van der Waals surface area contributed by atoms with Crippen LogP contribution in [0.25, 0.3) is 6.08 Å². The van der Waals surface area contributed by atoms with Crippen LogP contribution in [0, 0.1) is 10.1 Å². The van der Waals surface area contributed by atoms with Gasteiger partial charge in [0, 0.05) is 42.0 Å². The van der Waals surface area contributed by atoms with Crippen molar-refractivity contribution in [3.8, 4) is 0 Å². The Balaban J connectivity index is 1.63. The third kappa shape index (κ3) is 7.08. The molecule has 0 fully saturated rings. The molecule has 8 nitrogen and oxygen atoms in total. The van der Waals surface area contributed by atoms with Crippen molar-refractivity contribution >= 4 is 40.9 Å². The van der Waals surface area contributed by atoms with Gasteiger partial charge in [0.05, 0.1) is 4.92 Å². The molecule has 2 aromatic carbocycles. The molecule has 0 aliphatic carbocycles. The predicted octanol–water partition coefficient (Wildman–Crippen LogP) is 3.03. The normalized spacial score (nSPS) is 10.5. The molecule has 0 heterocycles. The van der Waals surface area contributed by atoms with Crippen LogP contribution in [0.5, 0.6) is 0 Å². The molecule has 146 valence electrons. The van der Waals surface area contributed by atoms with Crippen LogP contribution in [0.2, 0.25) is 5.02 Å². The van der Waals surface area contributed by atoms with E-state index in [4.69, 9.17) is 16.3 Å². The number of anilines is 1. The second-order valence-corrected chi connectivity index (χ2v) is 5.95. The molecule has 2 N–H and O–H groups in total. The zero-order valence-electron chi connectivity index (χ0n) is 14.8. The van der Waals surface area contributed by atoms with E-state index >= 15 is 0 Å². The number of esters is 1. The largest absolute Gasteiger partial charge is 0.452 e. The van der Waals surface area contributed by atoms with Crippen molar-refractivity contribution in [1.29, 1.82) is 0 Å². The van der Waals surface area contributed by atoms with E-state index in [1.54, 1.807) is 36.4 Å². The molecule has 0 saturated carbocycles. The molecular weight excluding hydrogens is 386 g/mol. The second kappa shape index (κ2) is 10.7. The summed E-state index contributed by atoms with van der Waals surface area (Å²) in [6, 6.07) is 12.9. The van der Waals surface area contributed by atoms with Crippen LogP contribution < -0.4 is 10.6 Å². The monoisotopic (exact) mass is 403 g/mol. The average molecular weight is 404 g/mol. The Hall–Kier alpha value is -3.39. The Labute approximate surface area is 166 Å². The SMILES string of the molecule is O=C(COC(=O)/C=C/c1ccccc1Cl)NCCNc1ccc([N+](=O)[O-])cc1. The second-order valence-electron chi connectivity index (χ2n) is 5.54. The predicted molar refractivity (Wildman–Crippen MR) is 106 cm³/mol. The molecule has 9 heteroatoms. The molecule has 28 heavy (non-hydrogen) atoms. The molecule has 1 amide bonds. The maximum Gasteiger partial charge on any atom is 0.331 e. The highest BCUT2D eigenvalue weighted by atomic mass is 35.5. The summed E-state index contributed by atoms with van der Waals surface area (Å²) in [7, 11) is 0. The molecule has 0 aliphatic heterocycles. The standard InChI is InChI=1S/C19H18ClN3O5/c20-17-4-2-1-3-14(17)5-10-19(25)28-13-18(24)22-12-11-21-15-6-8-16(9-7-15)23(26)27/h1-10,21H,11-13H2,(H,22,24)/b10-5+. The quantitative estimate of drug-likeness (QED) is 0.219. The van der Waals surface area contributed by atoms with Crippen LogP contribution in [0.15, 0.2) is 54.6 Å². The Bertz CT molecular complexity index is 868. The topological polar surface area (TPSA) is 111 Å². The van der Waals surface area contributed by atoms with E-state index in [1.165, 1.54) is 24.3 Å². The summed E-state index contributed by atoms with van der Waals surface area (Å²) in [5.41, 5.74) is 1.36. The van der Waals surface area contributed by atoms with Gasteiger partial charge in [-0.1, -0.05) is 29.8 Å². The van der Waals surface area contributed by atoms with Crippen molar-refractivity contribution < 1.29 is 19.2 Å². The fourth-order valence-electron chi connectivity index (χ4n) is 2.11. The van der Waals surface area contributed by atoms with Crippen LogP contribution >= 0.6 is 11.6 Å². The first-order valence-corrected chi connectivity index (χ1v) is 8.68. The maximum atomic E-state index is 11.7. The van der Waals surface area contributed by atoms with Gasteiger partial charge in [-0.3, -0.25) is 14.9 Å². The van der Waals surface area contributed by atoms with Gasteiger partial charge in [0.15, 0.2) is 6.61 Å². The first-order chi connectivity index (χ1) is 13.5. The van der Waals surface area contributed by atoms with Gasteiger partial charge in [0.2, 0.25) is 0 Å². The van der Waals surface area contributed by atoms with Crippen molar-refractivity contribution in [1.82, 2.24) is 5.32 Å². The lowest BCUT2D eigenvalue weighted by atomic mass is 10.2. The van der Waals surface area contributed by atoms with E-state index < -0.39 is 23.4 Å². The third-order valence-electron chi connectivity index (χ3n) is 3.50. The van der Waals surface area contributed by atoms with Gasteiger partial charge in [-0.2, -0.15) is 0 Å². The Morgan fingerprint density at radius 2 is 1.82 bits per heavy atom. The van der Waals surface area contributed by atoms with E-state index in [0.717, 1.165) is 0 Å². The van der Waals surface area contributed by atoms with E-state index in [-0.39, 0.29) is 5.69 Å². The van der Waals surface area contributed by atoms with Gasteiger partial charge in [0.25, 0.3) is 11.6 Å². The van der Waals surface area contributed by atoms with E-state index in [0.29, 0.717) is 29.4 Å². The lowest BCUT2D eigenvalue weighted by Gasteiger charge is -2.08. The molecule has 0 spiro atoms. The molecule has 2 rings (SSSR count). The minimum absolute atomic E-state index is 0.00394. The van der Waals surface area contributed by atoms with Gasteiger partial charge in [-0.05, 0) is 29.8 Å². The van der Waals surface area contributed by atoms with Gasteiger partial charge in [0.1, 0.15) is 0 Å². The molecule has 0 radical (unpaired) electrons. The Morgan fingerprint density at radius 1 is 1.11 bits per heavy atom. The summed E-state index contributed by atoms with van der Waals surface area (Å²) in [5, 5.41) is 16.7. The van der Waals surface area contributed by atoms with Crippen molar-refractivity contribution in [2.75, 3.05) is 25.0 Å². The molecule has 2 aromatic rings. The van der Waals surface area contributed by atoms with Gasteiger partial charge >= 0.3 is 5.97 Å². The van der Waals surface area contributed by atoms with Crippen molar-refractivity contribution in [3.05, 3.63) is 75.3 Å². The summed E-state index contributed by atoms with van der Waals surface area (Å²) in [4.78, 5) is 33.4. The van der Waals surface area contributed by atoms with E-state index in [1.807, 2.05) is 0 Å². The number of nitro groups is 1. The number of nitrogens with one attached hydrogen (secondary N) is 2. The highest BCUT2D eigenvalue weighted by Crippen LogP contribution is 2.16. The number of benzene rings is 2. The summed E-state index contributed by atoms with van der Waals surface area (Å²) in [6.07, 6.45) is 2.71. The minimum atomic E-state index is -0.654. The molecule has 0 bridgehead atoms. The summed E-state index contributed by atoms with van der Waals surface area (Å²) in [6.45, 7) is 0.302. The highest BCUT2D eigenvalue weighted by molar-refractivity contribution is 6.32. The van der Waals surface area contributed by atoms with Gasteiger partial charge in [-0.15, -0.1) is 0 Å². The number of non-ortho nitro benzene ring substituents is 1. The van der Waals surface area contributed by atoms with Crippen molar-refractivity contribution in [2.45, 2.75) is 0 Å². The summed E-state index contributed by atoms with van der Waals surface area (Å²) < 4.78 is 4.85. The number of halogens is 1. The van der Waals surface area contributed by atoms with Crippen LogP contribution in [0.1, 0.15) is 5.56 Å². The molecule has 0 atom stereocenters. The molecule has 0 aromatic heterocycles. The molecule has 0 saturated heterocycles. The number of hydrogen-bond donors (Lipinski definition) is 2. The van der Waals surface area contributed by atoms with E-state index in [9.17, 15) is 19.7 Å². The van der Waals surface area contributed by atoms with Gasteiger partial charge in [-0.25, -0.2) is 4.79 Å². The zero-order valence-corrected chi connectivity index (χ0v) is 15.5.